The molecule has 4 bridgehead atoms. The smallest absolute Gasteiger partial charge is 0.0547 e. The molecule has 2 heterocycles. The second-order valence-corrected chi connectivity index (χ2v) is 12.9. The van der Waals surface area contributed by atoms with Gasteiger partial charge in [-0.2, -0.15) is 0 Å². The summed E-state index contributed by atoms with van der Waals surface area (Å²) in [5.41, 5.74) is 9.12. The predicted molar refractivity (Wildman–Crippen MR) is 134 cm³/mol. The van der Waals surface area contributed by atoms with Crippen LogP contribution in [0.15, 0.2) is 24.3 Å². The van der Waals surface area contributed by atoms with Crippen LogP contribution in [-0.4, -0.2) is 21.4 Å². The molecule has 6 atom stereocenters. The highest BCUT2D eigenvalue weighted by Crippen LogP contribution is 2.67. The molecule has 0 amide bonds. The van der Waals surface area contributed by atoms with E-state index < -0.39 is 0 Å². The topological polar surface area (TPSA) is 29.0 Å². The van der Waals surface area contributed by atoms with Crippen molar-refractivity contribution in [2.45, 2.75) is 98.1 Å². The normalized spacial score (nSPS) is 34.2. The molecule has 0 N–H and O–H groups in total. The van der Waals surface area contributed by atoms with Crippen LogP contribution in [0.2, 0.25) is 0 Å². The molecule has 0 spiro atoms. The molecule has 0 aliphatic heterocycles. The number of pyridine rings is 2. The molecular weight excluding hydrogens is 402 g/mol. The number of rotatable bonds is 5. The maximum Gasteiger partial charge on any atom is 0.0547 e. The molecule has 6 aliphatic carbocycles. The van der Waals surface area contributed by atoms with Gasteiger partial charge in [0, 0.05) is 36.3 Å². The molecule has 6 aliphatic rings. The molecule has 2 aromatic rings. The fourth-order valence-electron chi connectivity index (χ4n) is 8.34. The molecular formula is C30H41N3. The lowest BCUT2D eigenvalue weighted by atomic mass is 9.45. The number of hydrogen-bond acceptors (Lipinski definition) is 3. The molecule has 2 aromatic heterocycles. The van der Waals surface area contributed by atoms with Crippen molar-refractivity contribution in [3.8, 4) is 0 Å². The first-order valence-corrected chi connectivity index (χ1v) is 13.3. The molecule has 0 saturated heterocycles. The average molecular weight is 444 g/mol. The van der Waals surface area contributed by atoms with Gasteiger partial charge in [0.05, 0.1) is 11.4 Å². The van der Waals surface area contributed by atoms with Gasteiger partial charge in [0.25, 0.3) is 0 Å². The summed E-state index contributed by atoms with van der Waals surface area (Å²) < 4.78 is 0. The summed E-state index contributed by atoms with van der Waals surface area (Å²) in [6.45, 7) is 19.7. The van der Waals surface area contributed by atoms with Crippen molar-refractivity contribution in [1.29, 1.82) is 0 Å². The zero-order chi connectivity index (χ0) is 23.3. The molecule has 176 valence electrons. The maximum absolute atomic E-state index is 5.22. The Hall–Kier alpha value is -1.74. The summed E-state index contributed by atoms with van der Waals surface area (Å²) in [4.78, 5) is 12.9. The SMILES string of the molecule is CCN(Cc1ccc2c(n1)[C@@H](C)[C@H]1C[C@@H]2C1(C)C)Cc1ccc2c(n1)[C@@H](C)[C@H]1C[C@@H]2C1(C)C. The number of hydrogen-bond donors (Lipinski definition) is 0. The van der Waals surface area contributed by atoms with Crippen LogP contribution in [0.5, 0.6) is 0 Å². The van der Waals surface area contributed by atoms with Crippen LogP contribution < -0.4 is 0 Å². The van der Waals surface area contributed by atoms with E-state index in [0.717, 1.165) is 31.5 Å². The van der Waals surface area contributed by atoms with E-state index in [2.05, 4.69) is 77.6 Å². The van der Waals surface area contributed by atoms with E-state index in [4.69, 9.17) is 9.97 Å². The van der Waals surface area contributed by atoms with Gasteiger partial charge < -0.3 is 0 Å². The molecule has 0 aromatic carbocycles. The lowest BCUT2D eigenvalue weighted by Gasteiger charge is -2.59. The first-order valence-electron chi connectivity index (χ1n) is 13.3. The Bertz CT molecular complexity index is 1010. The summed E-state index contributed by atoms with van der Waals surface area (Å²) in [7, 11) is 0. The zero-order valence-electron chi connectivity index (χ0n) is 21.7. The lowest BCUT2D eigenvalue weighted by Crippen LogP contribution is -2.50. The number of aromatic nitrogens is 2. The van der Waals surface area contributed by atoms with Crippen molar-refractivity contribution in [3.63, 3.8) is 0 Å². The van der Waals surface area contributed by atoms with Gasteiger partial charge in [0.15, 0.2) is 0 Å². The minimum atomic E-state index is 0.441. The third-order valence-corrected chi connectivity index (χ3v) is 10.8. The van der Waals surface area contributed by atoms with E-state index in [-0.39, 0.29) is 0 Å². The molecule has 8 rings (SSSR count). The highest BCUT2D eigenvalue weighted by Gasteiger charge is 2.57. The van der Waals surface area contributed by atoms with Crippen LogP contribution in [0.3, 0.4) is 0 Å². The number of nitrogens with zero attached hydrogens (tertiary/aromatic N) is 3. The van der Waals surface area contributed by atoms with Gasteiger partial charge >= 0.3 is 0 Å². The molecule has 0 radical (unpaired) electrons. The van der Waals surface area contributed by atoms with E-state index in [9.17, 15) is 0 Å². The highest BCUT2D eigenvalue weighted by atomic mass is 15.1. The summed E-state index contributed by atoms with van der Waals surface area (Å²) >= 11 is 0. The van der Waals surface area contributed by atoms with Crippen LogP contribution in [0.1, 0.15) is 119 Å². The average Bonchev–Trinajstić information content (AvgIpc) is 2.78. The first kappa shape index (κ1) is 21.8. The molecule has 3 nitrogen and oxygen atoms in total. The minimum absolute atomic E-state index is 0.441. The highest BCUT2D eigenvalue weighted by molar-refractivity contribution is 5.41. The minimum Gasteiger partial charge on any atom is -0.292 e. The third-order valence-electron chi connectivity index (χ3n) is 10.8. The molecule has 2 saturated carbocycles. The van der Waals surface area contributed by atoms with Gasteiger partial charge in [-0.05, 0) is 77.1 Å². The van der Waals surface area contributed by atoms with E-state index in [0.29, 0.717) is 34.5 Å². The van der Waals surface area contributed by atoms with Crippen LogP contribution >= 0.6 is 0 Å². The van der Waals surface area contributed by atoms with Gasteiger partial charge in [-0.3, -0.25) is 14.9 Å². The van der Waals surface area contributed by atoms with Gasteiger partial charge in [-0.15, -0.1) is 0 Å². The molecule has 33 heavy (non-hydrogen) atoms. The fraction of sp³-hybridized carbons (Fsp3) is 0.667. The largest absolute Gasteiger partial charge is 0.292 e. The Kier molecular flexibility index (Phi) is 4.71. The Balaban J connectivity index is 1.20. The molecule has 3 heteroatoms. The summed E-state index contributed by atoms with van der Waals surface area (Å²) in [5.74, 6) is 4.14. The second-order valence-electron chi connectivity index (χ2n) is 12.9. The van der Waals surface area contributed by atoms with Crippen LogP contribution in [0, 0.1) is 22.7 Å². The van der Waals surface area contributed by atoms with Crippen molar-refractivity contribution >= 4 is 0 Å². The van der Waals surface area contributed by atoms with E-state index in [1.165, 1.54) is 46.7 Å². The zero-order valence-corrected chi connectivity index (χ0v) is 21.7. The third kappa shape index (κ3) is 2.97. The van der Waals surface area contributed by atoms with Gasteiger partial charge in [-0.1, -0.05) is 60.6 Å². The predicted octanol–water partition coefficient (Wildman–Crippen LogP) is 6.99. The van der Waals surface area contributed by atoms with E-state index >= 15 is 0 Å². The van der Waals surface area contributed by atoms with E-state index in [1.54, 1.807) is 0 Å². The monoisotopic (exact) mass is 443 g/mol. The van der Waals surface area contributed by atoms with Crippen LogP contribution in [0.25, 0.3) is 0 Å². The van der Waals surface area contributed by atoms with Gasteiger partial charge in [0.1, 0.15) is 0 Å². The summed E-state index contributed by atoms with van der Waals surface area (Å²) in [5, 5.41) is 0. The van der Waals surface area contributed by atoms with Crippen molar-refractivity contribution in [2.24, 2.45) is 22.7 Å². The summed E-state index contributed by atoms with van der Waals surface area (Å²) in [6.07, 6.45) is 2.70. The lowest BCUT2D eigenvalue weighted by molar-refractivity contribution is -0.00299. The first-order chi connectivity index (χ1) is 15.6. The van der Waals surface area contributed by atoms with Crippen molar-refractivity contribution in [2.75, 3.05) is 6.54 Å². The molecule has 0 unspecified atom stereocenters. The fourth-order valence-corrected chi connectivity index (χ4v) is 8.34. The van der Waals surface area contributed by atoms with Gasteiger partial charge in [0.2, 0.25) is 0 Å². The Morgan fingerprint density at radius 1 is 0.758 bits per heavy atom. The van der Waals surface area contributed by atoms with Gasteiger partial charge in [-0.25, -0.2) is 0 Å². The van der Waals surface area contributed by atoms with Crippen molar-refractivity contribution in [3.05, 3.63) is 58.2 Å². The maximum atomic E-state index is 5.22. The Morgan fingerprint density at radius 3 is 1.55 bits per heavy atom. The standard InChI is InChI=1S/C30H41N3/c1-8-33(15-19-9-11-21-25-13-23(29(25,4)5)17(2)27(21)31-19)16-20-10-12-22-26-14-24(30(26,6)7)18(3)28(22)32-20/h9-12,17-18,23-26H,8,13-16H2,1-7H3/t17-,18-,23+,24+,25-,26-/m0/s1. The van der Waals surface area contributed by atoms with E-state index in [1.807, 2.05) is 0 Å². The summed E-state index contributed by atoms with van der Waals surface area (Å²) in [6, 6.07) is 9.38. The Morgan fingerprint density at radius 2 is 1.18 bits per heavy atom. The van der Waals surface area contributed by atoms with Crippen LogP contribution in [-0.2, 0) is 13.1 Å². The second kappa shape index (κ2) is 7.13. The Labute approximate surface area is 200 Å². The molecule has 2 fully saturated rings. The van der Waals surface area contributed by atoms with Crippen molar-refractivity contribution in [1.82, 2.24) is 14.9 Å². The van der Waals surface area contributed by atoms with Crippen LogP contribution in [0.4, 0.5) is 0 Å². The quantitative estimate of drug-likeness (QED) is 0.498. The van der Waals surface area contributed by atoms with Crippen molar-refractivity contribution < 1.29 is 0 Å².